The zero-order valence-corrected chi connectivity index (χ0v) is 13.0. The van der Waals surface area contributed by atoms with Gasteiger partial charge in [0.1, 0.15) is 13.2 Å². The number of amides is 1. The molecule has 0 unspecified atom stereocenters. The van der Waals surface area contributed by atoms with Gasteiger partial charge in [-0.15, -0.1) is 0 Å². The fourth-order valence-electron chi connectivity index (χ4n) is 2.85. The molecule has 2 aromatic carbocycles. The van der Waals surface area contributed by atoms with Gasteiger partial charge in [-0.1, -0.05) is 0 Å². The lowest BCUT2D eigenvalue weighted by molar-refractivity contribution is -0.384. The Morgan fingerprint density at radius 2 is 1.76 bits per heavy atom. The van der Waals surface area contributed by atoms with Crippen LogP contribution in [0.1, 0.15) is 16.7 Å². The van der Waals surface area contributed by atoms with Gasteiger partial charge in [-0.3, -0.25) is 14.9 Å². The molecule has 1 amide bonds. The molecule has 0 saturated carbocycles. The summed E-state index contributed by atoms with van der Waals surface area (Å²) in [5.41, 5.74) is 5.16. The van der Waals surface area contributed by atoms with Crippen LogP contribution in [0.15, 0.2) is 41.5 Å². The number of nitrogens with zero attached hydrogens (tertiary/aromatic N) is 2. The fourth-order valence-corrected chi connectivity index (χ4v) is 2.85. The maximum Gasteiger partial charge on any atom is 0.269 e. The van der Waals surface area contributed by atoms with Crippen LogP contribution < -0.4 is 14.9 Å². The lowest BCUT2D eigenvalue weighted by atomic mass is 9.95. The first-order valence-electron chi connectivity index (χ1n) is 7.66. The predicted octanol–water partition coefficient (Wildman–Crippen LogP) is 1.79. The predicted molar refractivity (Wildman–Crippen MR) is 88.0 cm³/mol. The fraction of sp³-hybridized carbons (Fsp3) is 0.176. The number of nitrogens with one attached hydrogen (secondary N) is 1. The molecule has 2 aliphatic heterocycles. The van der Waals surface area contributed by atoms with Crippen molar-refractivity contribution in [1.29, 1.82) is 0 Å². The summed E-state index contributed by atoms with van der Waals surface area (Å²) in [6, 6.07) is 9.61. The van der Waals surface area contributed by atoms with E-state index < -0.39 is 4.92 Å². The number of non-ortho nitro benzene ring substituents is 1. The minimum absolute atomic E-state index is 0.00981. The highest BCUT2D eigenvalue weighted by molar-refractivity contribution is 6.15. The van der Waals surface area contributed by atoms with Gasteiger partial charge >= 0.3 is 0 Å². The topological polar surface area (TPSA) is 103 Å². The smallest absolute Gasteiger partial charge is 0.269 e. The number of nitro benzene ring substituents is 1. The van der Waals surface area contributed by atoms with Gasteiger partial charge in [0, 0.05) is 23.3 Å². The molecule has 2 heterocycles. The second-order valence-electron chi connectivity index (χ2n) is 5.63. The Hall–Kier alpha value is -3.42. The van der Waals surface area contributed by atoms with E-state index in [1.165, 1.54) is 12.1 Å². The van der Waals surface area contributed by atoms with Crippen molar-refractivity contribution in [3.05, 3.63) is 63.2 Å². The summed E-state index contributed by atoms with van der Waals surface area (Å²) in [6.07, 6.45) is 0.159. The highest BCUT2D eigenvalue weighted by atomic mass is 16.6. The van der Waals surface area contributed by atoms with Crippen molar-refractivity contribution in [1.82, 2.24) is 5.43 Å². The molecule has 1 N–H and O–H groups in total. The quantitative estimate of drug-likeness (QED) is 0.664. The monoisotopic (exact) mass is 339 g/mol. The number of hydrogen-bond acceptors (Lipinski definition) is 6. The second kappa shape index (κ2) is 5.90. The lowest BCUT2D eigenvalue weighted by Gasteiger charge is -2.20. The van der Waals surface area contributed by atoms with Crippen LogP contribution in [0.5, 0.6) is 11.5 Å². The average molecular weight is 339 g/mol. The van der Waals surface area contributed by atoms with Crippen LogP contribution in [0.3, 0.4) is 0 Å². The van der Waals surface area contributed by atoms with E-state index in [-0.39, 0.29) is 18.0 Å². The highest BCUT2D eigenvalue weighted by Crippen LogP contribution is 2.35. The molecule has 0 spiro atoms. The van der Waals surface area contributed by atoms with Gasteiger partial charge < -0.3 is 9.47 Å². The van der Waals surface area contributed by atoms with Crippen molar-refractivity contribution >= 4 is 17.3 Å². The van der Waals surface area contributed by atoms with E-state index in [2.05, 4.69) is 10.5 Å². The van der Waals surface area contributed by atoms with E-state index in [1.54, 1.807) is 24.3 Å². The van der Waals surface area contributed by atoms with Crippen molar-refractivity contribution in [2.24, 2.45) is 5.10 Å². The number of rotatable bonds is 2. The molecule has 0 saturated heterocycles. The Morgan fingerprint density at radius 3 is 2.44 bits per heavy atom. The molecule has 4 rings (SSSR count). The van der Waals surface area contributed by atoms with E-state index >= 15 is 0 Å². The van der Waals surface area contributed by atoms with Gasteiger partial charge in [-0.05, 0) is 29.8 Å². The summed E-state index contributed by atoms with van der Waals surface area (Å²) in [5.74, 6) is 0.951. The molecular formula is C17H13N3O5. The van der Waals surface area contributed by atoms with Gasteiger partial charge in [0.05, 0.1) is 17.1 Å². The van der Waals surface area contributed by atoms with Gasteiger partial charge in [0.25, 0.3) is 5.69 Å². The first-order valence-corrected chi connectivity index (χ1v) is 7.66. The van der Waals surface area contributed by atoms with Crippen LogP contribution in [0.2, 0.25) is 0 Å². The standard InChI is InChI=1S/C17H13N3O5/c21-16-8-11-7-14-15(25-6-5-24-14)9-13(11)17(19-18-16)10-1-3-12(4-2-10)20(22)23/h1-4,7,9H,5-6,8H2,(H,18,21). The summed E-state index contributed by atoms with van der Waals surface area (Å²) >= 11 is 0. The average Bonchev–Trinajstić information content (AvgIpc) is 2.77. The number of benzene rings is 2. The molecule has 25 heavy (non-hydrogen) atoms. The van der Waals surface area contributed by atoms with Crippen molar-refractivity contribution in [3.63, 3.8) is 0 Å². The largest absolute Gasteiger partial charge is 0.486 e. The van der Waals surface area contributed by atoms with E-state index in [4.69, 9.17) is 9.47 Å². The number of ether oxygens (including phenoxy) is 2. The Kier molecular flexibility index (Phi) is 3.57. The van der Waals surface area contributed by atoms with E-state index in [0.717, 1.165) is 11.1 Å². The van der Waals surface area contributed by atoms with Gasteiger partial charge in [-0.2, -0.15) is 5.10 Å². The van der Waals surface area contributed by atoms with Crippen LogP contribution in [0.25, 0.3) is 0 Å². The molecule has 0 atom stereocenters. The molecule has 0 aromatic heterocycles. The molecule has 0 aliphatic carbocycles. The Morgan fingerprint density at radius 1 is 1.08 bits per heavy atom. The van der Waals surface area contributed by atoms with E-state index in [0.29, 0.717) is 36.0 Å². The van der Waals surface area contributed by atoms with E-state index in [1.807, 2.05) is 0 Å². The number of hydrazone groups is 1. The first kappa shape index (κ1) is 15.1. The number of hydrogen-bond donors (Lipinski definition) is 1. The summed E-state index contributed by atoms with van der Waals surface area (Å²) < 4.78 is 11.2. The molecule has 0 radical (unpaired) electrons. The maximum absolute atomic E-state index is 12.0. The third-order valence-corrected chi connectivity index (χ3v) is 4.02. The number of carbonyl (C=O) groups excluding carboxylic acids is 1. The normalized spacial score (nSPS) is 15.5. The molecule has 0 fully saturated rings. The Balaban J connectivity index is 1.83. The molecule has 2 aromatic rings. The third kappa shape index (κ3) is 2.78. The number of carbonyl (C=O) groups is 1. The first-order chi connectivity index (χ1) is 12.1. The third-order valence-electron chi connectivity index (χ3n) is 4.02. The SMILES string of the molecule is O=C1Cc2cc3c(cc2C(c2ccc([N+](=O)[O-])cc2)=NN1)OCCO3. The Labute approximate surface area is 142 Å². The van der Waals surface area contributed by atoms with Crippen LogP contribution >= 0.6 is 0 Å². The second-order valence-corrected chi connectivity index (χ2v) is 5.63. The molecule has 8 heteroatoms. The minimum atomic E-state index is -0.462. The van der Waals surface area contributed by atoms with E-state index in [9.17, 15) is 14.9 Å². The molecule has 126 valence electrons. The van der Waals surface area contributed by atoms with Crippen LogP contribution in [-0.2, 0) is 11.2 Å². The summed E-state index contributed by atoms with van der Waals surface area (Å²) in [6.45, 7) is 0.911. The summed E-state index contributed by atoms with van der Waals surface area (Å²) in [7, 11) is 0. The lowest BCUT2D eigenvalue weighted by Crippen LogP contribution is -2.18. The Bertz CT molecular complexity index is 905. The molecule has 0 bridgehead atoms. The molecule has 8 nitrogen and oxygen atoms in total. The van der Waals surface area contributed by atoms with Crippen molar-refractivity contribution in [2.45, 2.75) is 6.42 Å². The van der Waals surface area contributed by atoms with Crippen molar-refractivity contribution in [2.75, 3.05) is 13.2 Å². The molecule has 2 aliphatic rings. The van der Waals surface area contributed by atoms with Crippen LogP contribution in [-0.4, -0.2) is 29.8 Å². The minimum Gasteiger partial charge on any atom is -0.486 e. The maximum atomic E-state index is 12.0. The summed E-state index contributed by atoms with van der Waals surface area (Å²) in [4.78, 5) is 22.3. The van der Waals surface area contributed by atoms with Crippen molar-refractivity contribution in [3.8, 4) is 11.5 Å². The van der Waals surface area contributed by atoms with Gasteiger partial charge in [0.15, 0.2) is 11.5 Å². The zero-order chi connectivity index (χ0) is 17.4. The van der Waals surface area contributed by atoms with Gasteiger partial charge in [0.2, 0.25) is 5.91 Å². The summed E-state index contributed by atoms with van der Waals surface area (Å²) in [5, 5.41) is 15.0. The zero-order valence-electron chi connectivity index (χ0n) is 13.0. The van der Waals surface area contributed by atoms with Crippen LogP contribution in [0, 0.1) is 10.1 Å². The van der Waals surface area contributed by atoms with Gasteiger partial charge in [-0.25, -0.2) is 5.43 Å². The number of nitro groups is 1. The van der Waals surface area contributed by atoms with Crippen LogP contribution in [0.4, 0.5) is 5.69 Å². The molecular weight excluding hydrogens is 326 g/mol. The van der Waals surface area contributed by atoms with Crippen molar-refractivity contribution < 1.29 is 19.2 Å². The highest BCUT2D eigenvalue weighted by Gasteiger charge is 2.23. The number of fused-ring (bicyclic) bond motifs is 2.